The summed E-state index contributed by atoms with van der Waals surface area (Å²) in [5.41, 5.74) is -1.22. The minimum atomic E-state index is -1.82. The van der Waals surface area contributed by atoms with E-state index < -0.39 is 23.3 Å². The molecular formula is C15H21NO5. The fourth-order valence-electron chi connectivity index (χ4n) is 1.60. The summed E-state index contributed by atoms with van der Waals surface area (Å²) in [7, 11) is 0. The lowest BCUT2D eigenvalue weighted by molar-refractivity contribution is -0.156. The molecule has 0 heterocycles. The number of carboxylic acid groups (broad SMARTS) is 1. The third-order valence-corrected chi connectivity index (χ3v) is 2.61. The Morgan fingerprint density at radius 3 is 2.10 bits per heavy atom. The molecule has 0 aliphatic rings. The van der Waals surface area contributed by atoms with E-state index in [1.54, 1.807) is 45.0 Å². The predicted molar refractivity (Wildman–Crippen MR) is 78.3 cm³/mol. The Morgan fingerprint density at radius 2 is 1.67 bits per heavy atom. The molecule has 0 aromatic heterocycles. The first-order valence-electron chi connectivity index (χ1n) is 6.54. The molecule has 1 aromatic rings. The topological polar surface area (TPSA) is 95.9 Å². The van der Waals surface area contributed by atoms with Gasteiger partial charge in [-0.1, -0.05) is 12.1 Å². The van der Waals surface area contributed by atoms with Gasteiger partial charge in [0, 0.05) is 12.1 Å². The zero-order valence-corrected chi connectivity index (χ0v) is 12.6. The van der Waals surface area contributed by atoms with E-state index in [-0.39, 0.29) is 6.42 Å². The molecule has 0 radical (unpaired) electrons. The van der Waals surface area contributed by atoms with Gasteiger partial charge in [0.1, 0.15) is 5.60 Å². The Kier molecular flexibility index (Phi) is 4.96. The number of ether oxygens (including phenoxy) is 1. The number of carbonyl (C=O) groups excluding carboxylic acids is 1. The normalized spacial score (nSPS) is 14.1. The van der Waals surface area contributed by atoms with Crippen molar-refractivity contribution in [1.29, 1.82) is 0 Å². The molecule has 6 heteroatoms. The number of hydrogen-bond donors (Lipinski definition) is 3. The highest BCUT2D eigenvalue weighted by molar-refractivity contribution is 5.84. The number of hydrogen-bond acceptors (Lipinski definition) is 4. The number of anilines is 1. The minimum Gasteiger partial charge on any atom is -0.479 e. The Labute approximate surface area is 123 Å². The number of benzene rings is 1. The molecule has 116 valence electrons. The number of rotatable bonds is 4. The number of nitrogens with one attached hydrogen (secondary N) is 1. The molecule has 0 aliphatic carbocycles. The highest BCUT2D eigenvalue weighted by Crippen LogP contribution is 2.17. The summed E-state index contributed by atoms with van der Waals surface area (Å²) < 4.78 is 5.12. The molecule has 1 aromatic carbocycles. The number of carbonyl (C=O) groups is 2. The molecular weight excluding hydrogens is 274 g/mol. The number of aliphatic carboxylic acids is 1. The van der Waals surface area contributed by atoms with Crippen molar-refractivity contribution in [3.05, 3.63) is 29.8 Å². The summed E-state index contributed by atoms with van der Waals surface area (Å²) in [5, 5.41) is 21.1. The molecule has 1 amide bonds. The summed E-state index contributed by atoms with van der Waals surface area (Å²) in [4.78, 5) is 22.4. The fourth-order valence-corrected chi connectivity index (χ4v) is 1.60. The predicted octanol–water partition coefficient (Wildman–Crippen LogP) is 2.41. The van der Waals surface area contributed by atoms with Crippen LogP contribution in [-0.4, -0.2) is 33.5 Å². The van der Waals surface area contributed by atoms with Gasteiger partial charge in [-0.2, -0.15) is 0 Å². The van der Waals surface area contributed by atoms with Crippen molar-refractivity contribution in [3.63, 3.8) is 0 Å². The summed E-state index contributed by atoms with van der Waals surface area (Å²) >= 11 is 0. The molecule has 1 unspecified atom stereocenters. The average Bonchev–Trinajstić information content (AvgIpc) is 2.28. The largest absolute Gasteiger partial charge is 0.479 e. The quantitative estimate of drug-likeness (QED) is 0.792. The van der Waals surface area contributed by atoms with E-state index in [0.29, 0.717) is 11.3 Å². The van der Waals surface area contributed by atoms with Gasteiger partial charge >= 0.3 is 12.1 Å². The van der Waals surface area contributed by atoms with Crippen molar-refractivity contribution in [2.75, 3.05) is 5.32 Å². The van der Waals surface area contributed by atoms with Crippen molar-refractivity contribution < 1.29 is 24.5 Å². The van der Waals surface area contributed by atoms with Gasteiger partial charge in [-0.25, -0.2) is 9.59 Å². The molecule has 3 N–H and O–H groups in total. The molecule has 1 atom stereocenters. The minimum absolute atomic E-state index is 0.0188. The van der Waals surface area contributed by atoms with Gasteiger partial charge in [-0.3, -0.25) is 5.32 Å². The van der Waals surface area contributed by atoms with E-state index in [4.69, 9.17) is 9.84 Å². The highest BCUT2D eigenvalue weighted by Gasteiger charge is 2.29. The number of amides is 1. The second-order valence-electron chi connectivity index (χ2n) is 6.08. The van der Waals surface area contributed by atoms with Crippen LogP contribution in [0, 0.1) is 0 Å². The molecule has 0 saturated heterocycles. The molecule has 0 saturated carbocycles. The molecule has 0 aliphatic heterocycles. The third kappa shape index (κ3) is 5.83. The zero-order valence-electron chi connectivity index (χ0n) is 12.6. The summed E-state index contributed by atoms with van der Waals surface area (Å²) in [6.07, 6.45) is -0.581. The molecule has 6 nitrogen and oxygen atoms in total. The number of aliphatic hydroxyl groups is 1. The monoisotopic (exact) mass is 295 g/mol. The molecule has 0 bridgehead atoms. The fraction of sp³-hybridized carbons (Fsp3) is 0.467. The smallest absolute Gasteiger partial charge is 0.412 e. The maximum Gasteiger partial charge on any atom is 0.412 e. The maximum absolute atomic E-state index is 11.6. The van der Waals surface area contributed by atoms with Gasteiger partial charge in [-0.15, -0.1) is 0 Å². The lowest BCUT2D eigenvalue weighted by Crippen LogP contribution is -2.37. The zero-order chi connectivity index (χ0) is 16.3. The third-order valence-electron chi connectivity index (χ3n) is 2.61. The lowest BCUT2D eigenvalue weighted by Gasteiger charge is -2.20. The molecule has 0 spiro atoms. The van der Waals surface area contributed by atoms with Gasteiger partial charge in [0.25, 0.3) is 0 Å². The van der Waals surface area contributed by atoms with Crippen molar-refractivity contribution >= 4 is 17.7 Å². The first-order valence-corrected chi connectivity index (χ1v) is 6.54. The first-order chi connectivity index (χ1) is 9.49. The molecule has 0 fully saturated rings. The van der Waals surface area contributed by atoms with Crippen molar-refractivity contribution in [2.24, 2.45) is 0 Å². The Bertz CT molecular complexity index is 514. The Balaban J connectivity index is 2.67. The van der Waals surface area contributed by atoms with Crippen LogP contribution in [0.25, 0.3) is 0 Å². The Morgan fingerprint density at radius 1 is 1.14 bits per heavy atom. The van der Waals surface area contributed by atoms with Gasteiger partial charge in [-0.05, 0) is 45.4 Å². The summed E-state index contributed by atoms with van der Waals surface area (Å²) in [5.74, 6) is -1.28. The van der Waals surface area contributed by atoms with Gasteiger partial charge in [0.15, 0.2) is 5.60 Å². The van der Waals surface area contributed by atoms with Crippen LogP contribution in [0.2, 0.25) is 0 Å². The van der Waals surface area contributed by atoms with E-state index in [1.807, 2.05) is 0 Å². The second-order valence-corrected chi connectivity index (χ2v) is 6.08. The van der Waals surface area contributed by atoms with Crippen LogP contribution < -0.4 is 5.32 Å². The molecule has 1 rings (SSSR count). The van der Waals surface area contributed by atoms with E-state index in [2.05, 4.69) is 5.32 Å². The molecule has 21 heavy (non-hydrogen) atoms. The van der Waals surface area contributed by atoms with Gasteiger partial charge in [0.2, 0.25) is 0 Å². The summed E-state index contributed by atoms with van der Waals surface area (Å²) in [6.45, 7) is 6.54. The Hall–Kier alpha value is -2.08. The van der Waals surface area contributed by atoms with Crippen molar-refractivity contribution in [2.45, 2.75) is 45.3 Å². The average molecular weight is 295 g/mol. The van der Waals surface area contributed by atoms with Crippen LogP contribution in [0.3, 0.4) is 0 Å². The standard InChI is InChI=1S/C15H21NO5/c1-14(2,3)21-13(19)16-11-7-5-10(6-8-11)9-15(4,20)12(17)18/h5-8,20H,9H2,1-4H3,(H,16,19)(H,17,18). The van der Waals surface area contributed by atoms with Crippen LogP contribution >= 0.6 is 0 Å². The van der Waals surface area contributed by atoms with Crippen molar-refractivity contribution in [1.82, 2.24) is 0 Å². The van der Waals surface area contributed by atoms with E-state index in [0.717, 1.165) is 0 Å². The lowest BCUT2D eigenvalue weighted by atomic mass is 9.97. The maximum atomic E-state index is 11.6. The van der Waals surface area contributed by atoms with Crippen LogP contribution in [0.1, 0.15) is 33.3 Å². The van der Waals surface area contributed by atoms with Crippen LogP contribution in [0.4, 0.5) is 10.5 Å². The van der Waals surface area contributed by atoms with Crippen LogP contribution in [-0.2, 0) is 16.0 Å². The van der Waals surface area contributed by atoms with E-state index >= 15 is 0 Å². The number of carboxylic acids is 1. The van der Waals surface area contributed by atoms with E-state index in [9.17, 15) is 14.7 Å². The summed E-state index contributed by atoms with van der Waals surface area (Å²) in [6, 6.07) is 6.53. The van der Waals surface area contributed by atoms with Crippen LogP contribution in [0.5, 0.6) is 0 Å². The second kappa shape index (κ2) is 6.13. The van der Waals surface area contributed by atoms with Crippen LogP contribution in [0.15, 0.2) is 24.3 Å². The van der Waals surface area contributed by atoms with Gasteiger partial charge in [0.05, 0.1) is 0 Å². The highest BCUT2D eigenvalue weighted by atomic mass is 16.6. The SMILES string of the molecule is CC(C)(C)OC(=O)Nc1ccc(CC(C)(O)C(=O)O)cc1. The first kappa shape index (κ1) is 17.0. The van der Waals surface area contributed by atoms with E-state index in [1.165, 1.54) is 6.92 Å². The van der Waals surface area contributed by atoms with Crippen molar-refractivity contribution in [3.8, 4) is 0 Å². The van der Waals surface area contributed by atoms with Gasteiger partial charge < -0.3 is 14.9 Å².